The van der Waals surface area contributed by atoms with E-state index in [0.29, 0.717) is 11.1 Å². The van der Waals surface area contributed by atoms with Gasteiger partial charge in [-0.15, -0.1) is 0 Å². The topological polar surface area (TPSA) is 266 Å². The van der Waals surface area contributed by atoms with E-state index in [1.165, 1.54) is 42.5 Å². The Hall–Kier alpha value is -3.55. The number of rotatable bonds is 11. The molecule has 10 N–H and O–H groups in total. The third-order valence-electron chi connectivity index (χ3n) is 7.29. The Morgan fingerprint density at radius 1 is 0.733 bits per heavy atom. The Labute approximate surface area is 256 Å². The number of aliphatic hydroxyl groups excluding tert-OH is 6. The lowest BCUT2D eigenvalue weighted by atomic mass is 9.98. The van der Waals surface area contributed by atoms with Gasteiger partial charge in [-0.3, -0.25) is 0 Å². The molecule has 2 aromatic rings. The summed E-state index contributed by atoms with van der Waals surface area (Å²) < 4.78 is 27.6. The maximum Gasteiger partial charge on any atom is 0.331 e. The first kappa shape index (κ1) is 34.3. The molecule has 45 heavy (non-hydrogen) atoms. The van der Waals surface area contributed by atoms with Crippen molar-refractivity contribution in [3.8, 4) is 23.0 Å². The number of carbonyl (C=O) groups excluding carboxylic acids is 1. The molecule has 0 spiro atoms. The van der Waals surface area contributed by atoms with Gasteiger partial charge in [-0.1, -0.05) is 12.1 Å². The van der Waals surface area contributed by atoms with Gasteiger partial charge in [0.05, 0.1) is 19.8 Å². The Morgan fingerprint density at radius 2 is 1.38 bits per heavy atom. The van der Waals surface area contributed by atoms with Crippen molar-refractivity contribution in [3.63, 3.8) is 0 Å². The van der Waals surface area contributed by atoms with E-state index in [0.717, 1.165) is 6.08 Å². The van der Waals surface area contributed by atoms with Gasteiger partial charge >= 0.3 is 5.97 Å². The van der Waals surface area contributed by atoms with Crippen molar-refractivity contribution in [3.05, 3.63) is 53.6 Å². The first-order chi connectivity index (χ1) is 21.4. The van der Waals surface area contributed by atoms with Crippen molar-refractivity contribution in [1.82, 2.24) is 0 Å². The highest BCUT2D eigenvalue weighted by atomic mass is 16.7. The SMILES string of the molecule is O=C(C=Cc1ccc(O)c(O)c1)OC1C(OCCc2ccc(O)c(O)c2)OC(COC2OC(CO)C(O)C(O)C2O)C(O)C1O. The number of aromatic hydroxyl groups is 4. The predicted molar refractivity (Wildman–Crippen MR) is 149 cm³/mol. The molecule has 2 fully saturated rings. The number of phenols is 4. The molecule has 2 aromatic carbocycles. The molecule has 0 saturated carbocycles. The quantitative estimate of drug-likeness (QED) is 0.0720. The van der Waals surface area contributed by atoms with E-state index >= 15 is 0 Å². The van der Waals surface area contributed by atoms with Gasteiger partial charge in [0.15, 0.2) is 41.7 Å². The van der Waals surface area contributed by atoms with Crippen LogP contribution in [0.15, 0.2) is 42.5 Å². The summed E-state index contributed by atoms with van der Waals surface area (Å²) in [5.41, 5.74) is 0.885. The molecule has 10 unspecified atom stereocenters. The number of hydrogen-bond donors (Lipinski definition) is 10. The van der Waals surface area contributed by atoms with E-state index in [9.17, 15) is 55.9 Å². The smallest absolute Gasteiger partial charge is 0.331 e. The third kappa shape index (κ3) is 8.39. The monoisotopic (exact) mass is 640 g/mol. The molecule has 2 heterocycles. The normalized spacial score (nSPS) is 32.0. The van der Waals surface area contributed by atoms with Crippen molar-refractivity contribution >= 4 is 12.0 Å². The van der Waals surface area contributed by atoms with Crippen LogP contribution in [-0.2, 0) is 34.9 Å². The average Bonchev–Trinajstić information content (AvgIpc) is 3.01. The molecule has 0 radical (unpaired) electrons. The van der Waals surface area contributed by atoms with Gasteiger partial charge in [0.25, 0.3) is 0 Å². The fraction of sp³-hybridized carbons (Fsp3) is 0.483. The van der Waals surface area contributed by atoms with Crippen LogP contribution in [0.1, 0.15) is 11.1 Å². The van der Waals surface area contributed by atoms with Crippen molar-refractivity contribution < 1.29 is 79.5 Å². The van der Waals surface area contributed by atoms with Gasteiger partial charge in [-0.2, -0.15) is 0 Å². The van der Waals surface area contributed by atoms with Crippen LogP contribution in [0.5, 0.6) is 23.0 Å². The van der Waals surface area contributed by atoms with Crippen LogP contribution in [0, 0.1) is 0 Å². The lowest BCUT2D eigenvalue weighted by Gasteiger charge is -2.43. The van der Waals surface area contributed by atoms with Gasteiger partial charge in [0, 0.05) is 6.08 Å². The van der Waals surface area contributed by atoms with Crippen molar-refractivity contribution in [2.75, 3.05) is 19.8 Å². The Balaban J connectivity index is 1.45. The molecule has 4 rings (SSSR count). The molecule has 10 atom stereocenters. The van der Waals surface area contributed by atoms with E-state index in [1.807, 2.05) is 0 Å². The summed E-state index contributed by atoms with van der Waals surface area (Å²) in [7, 11) is 0. The molecule has 2 saturated heterocycles. The summed E-state index contributed by atoms with van der Waals surface area (Å²) in [6, 6.07) is 7.92. The third-order valence-corrected chi connectivity index (χ3v) is 7.29. The molecule has 0 bridgehead atoms. The van der Waals surface area contributed by atoms with Gasteiger partial charge in [0.1, 0.15) is 42.7 Å². The fourth-order valence-electron chi connectivity index (χ4n) is 4.70. The summed E-state index contributed by atoms with van der Waals surface area (Å²) in [6.45, 7) is -1.37. The number of aliphatic hydroxyl groups is 6. The second kappa shape index (κ2) is 15.2. The van der Waals surface area contributed by atoms with Gasteiger partial charge in [-0.25, -0.2) is 4.79 Å². The number of ether oxygens (including phenoxy) is 5. The maximum atomic E-state index is 12.7. The van der Waals surface area contributed by atoms with Gasteiger partial charge < -0.3 is 74.7 Å². The highest BCUT2D eigenvalue weighted by Crippen LogP contribution is 2.29. The van der Waals surface area contributed by atoms with E-state index < -0.39 is 86.3 Å². The molecular weight excluding hydrogens is 604 g/mol. The van der Waals surface area contributed by atoms with Crippen LogP contribution in [0.3, 0.4) is 0 Å². The zero-order chi connectivity index (χ0) is 32.8. The molecule has 248 valence electrons. The van der Waals surface area contributed by atoms with Crippen molar-refractivity contribution in [2.24, 2.45) is 0 Å². The minimum Gasteiger partial charge on any atom is -0.504 e. The number of phenolic OH excluding ortho intramolecular Hbond substituents is 4. The van der Waals surface area contributed by atoms with Crippen LogP contribution in [0.2, 0.25) is 0 Å². The summed E-state index contributed by atoms with van der Waals surface area (Å²) in [5, 5.41) is 99.7. The first-order valence-corrected chi connectivity index (χ1v) is 13.9. The Morgan fingerprint density at radius 3 is 2.04 bits per heavy atom. The lowest BCUT2D eigenvalue weighted by Crippen LogP contribution is -2.62. The lowest BCUT2D eigenvalue weighted by molar-refractivity contribution is -0.331. The molecule has 2 aliphatic rings. The molecule has 0 aliphatic carbocycles. The Bertz CT molecular complexity index is 1320. The van der Waals surface area contributed by atoms with Crippen LogP contribution < -0.4 is 0 Å². The molecule has 16 heteroatoms. The summed E-state index contributed by atoms with van der Waals surface area (Å²) in [5.74, 6) is -2.45. The molecular formula is C29H36O16. The highest BCUT2D eigenvalue weighted by Gasteiger charge is 2.49. The minimum absolute atomic E-state index is 0.116. The van der Waals surface area contributed by atoms with E-state index in [1.54, 1.807) is 0 Å². The summed E-state index contributed by atoms with van der Waals surface area (Å²) in [6.07, 6.45) is -13.5. The van der Waals surface area contributed by atoms with Gasteiger partial charge in [-0.05, 0) is 47.9 Å². The van der Waals surface area contributed by atoms with Crippen LogP contribution in [0.4, 0.5) is 0 Å². The zero-order valence-electron chi connectivity index (χ0n) is 23.6. The largest absolute Gasteiger partial charge is 0.504 e. The van der Waals surface area contributed by atoms with Crippen LogP contribution >= 0.6 is 0 Å². The average molecular weight is 641 g/mol. The minimum atomic E-state index is -1.79. The van der Waals surface area contributed by atoms with E-state index in [4.69, 9.17) is 23.7 Å². The second-order valence-electron chi connectivity index (χ2n) is 10.5. The Kier molecular flexibility index (Phi) is 11.6. The molecule has 0 aromatic heterocycles. The van der Waals surface area contributed by atoms with Crippen LogP contribution in [0.25, 0.3) is 6.08 Å². The number of carbonyl (C=O) groups is 1. The second-order valence-corrected chi connectivity index (χ2v) is 10.5. The van der Waals surface area contributed by atoms with E-state index in [-0.39, 0.29) is 30.3 Å². The number of hydrogen-bond acceptors (Lipinski definition) is 16. The zero-order valence-corrected chi connectivity index (χ0v) is 23.6. The maximum absolute atomic E-state index is 12.7. The molecule has 2 aliphatic heterocycles. The van der Waals surface area contributed by atoms with Crippen molar-refractivity contribution in [2.45, 2.75) is 67.8 Å². The standard InChI is InChI=1S/C29H36O16/c30-11-19-22(36)24(38)26(40)28(43-19)42-12-20-23(37)25(39)27(45-21(35)6-3-13-1-4-15(31)17(33)9-13)29(44-20)41-8-7-14-2-5-16(32)18(34)10-14/h1-6,9-10,19-20,22-34,36-40H,7-8,11-12H2. The summed E-state index contributed by atoms with van der Waals surface area (Å²) in [4.78, 5) is 12.7. The van der Waals surface area contributed by atoms with Crippen LogP contribution in [-0.4, -0.2) is 138 Å². The highest BCUT2D eigenvalue weighted by molar-refractivity contribution is 5.87. The molecule has 0 amide bonds. The van der Waals surface area contributed by atoms with Gasteiger partial charge in [0.2, 0.25) is 0 Å². The number of esters is 1. The predicted octanol–water partition coefficient (Wildman–Crippen LogP) is -2.04. The van der Waals surface area contributed by atoms with E-state index in [2.05, 4.69) is 0 Å². The molecule has 16 nitrogen and oxygen atoms in total. The van der Waals surface area contributed by atoms with Crippen molar-refractivity contribution in [1.29, 1.82) is 0 Å². The fourth-order valence-corrected chi connectivity index (χ4v) is 4.70. The number of benzene rings is 2. The first-order valence-electron chi connectivity index (χ1n) is 13.9. The summed E-state index contributed by atoms with van der Waals surface area (Å²) >= 11 is 0.